The van der Waals surface area contributed by atoms with Crippen molar-refractivity contribution in [3.8, 4) is 0 Å². The molecule has 0 N–H and O–H groups in total. The standard InChI is InChI=1S/C3H4F2O2.C2H6/c4-3(5)1-7-2-6;1-2/h2-3H,1H2;1-2H3. The third kappa shape index (κ3) is 18.8. The van der Waals surface area contributed by atoms with Crippen LogP contribution in [0.4, 0.5) is 8.78 Å². The first-order valence-electron chi connectivity index (χ1n) is 2.60. The first kappa shape index (κ1) is 11.2. The van der Waals surface area contributed by atoms with Crippen molar-refractivity contribution in [1.29, 1.82) is 0 Å². The third-order valence-electron chi connectivity index (χ3n) is 0.290. The summed E-state index contributed by atoms with van der Waals surface area (Å²) in [6.07, 6.45) is -2.55. The minimum atomic E-state index is -2.55. The van der Waals surface area contributed by atoms with Crippen molar-refractivity contribution in [3.05, 3.63) is 0 Å². The van der Waals surface area contributed by atoms with Gasteiger partial charge in [0.15, 0.2) is 6.61 Å². The molecule has 0 aromatic carbocycles. The SMILES string of the molecule is CC.O=COCC(F)F. The van der Waals surface area contributed by atoms with Crippen LogP contribution in [-0.2, 0) is 9.53 Å². The summed E-state index contributed by atoms with van der Waals surface area (Å²) in [5.74, 6) is 0. The fraction of sp³-hybridized carbons (Fsp3) is 0.800. The Kier molecular flexibility index (Phi) is 12.8. The quantitative estimate of drug-likeness (QED) is 0.554. The van der Waals surface area contributed by atoms with E-state index < -0.39 is 13.0 Å². The lowest BCUT2D eigenvalue weighted by Gasteiger charge is -1.91. The van der Waals surface area contributed by atoms with E-state index in [1.165, 1.54) is 0 Å². The van der Waals surface area contributed by atoms with Gasteiger partial charge in [-0.05, 0) is 0 Å². The molecule has 0 spiro atoms. The van der Waals surface area contributed by atoms with E-state index in [2.05, 4.69) is 4.74 Å². The second-order valence-corrected chi connectivity index (χ2v) is 0.821. The van der Waals surface area contributed by atoms with Crippen molar-refractivity contribution in [2.24, 2.45) is 0 Å². The van der Waals surface area contributed by atoms with Crippen LogP contribution in [0.3, 0.4) is 0 Å². The fourth-order valence-corrected chi connectivity index (χ4v) is 0.112. The molecule has 0 aliphatic heterocycles. The van der Waals surface area contributed by atoms with Crippen molar-refractivity contribution >= 4 is 6.47 Å². The Morgan fingerprint density at radius 2 is 2.00 bits per heavy atom. The molecule has 0 aliphatic carbocycles. The molecule has 0 saturated heterocycles. The van der Waals surface area contributed by atoms with E-state index in [1.54, 1.807) is 0 Å². The third-order valence-corrected chi connectivity index (χ3v) is 0.290. The minimum absolute atomic E-state index is 0.00778. The van der Waals surface area contributed by atoms with Crippen molar-refractivity contribution in [1.82, 2.24) is 0 Å². The average molecular weight is 140 g/mol. The first-order valence-corrected chi connectivity index (χ1v) is 2.60. The van der Waals surface area contributed by atoms with Crippen LogP contribution in [0.2, 0.25) is 0 Å². The Labute approximate surface area is 52.8 Å². The first-order chi connectivity index (χ1) is 4.27. The lowest BCUT2D eigenvalue weighted by Crippen LogP contribution is -2.01. The summed E-state index contributed by atoms with van der Waals surface area (Å²) >= 11 is 0. The monoisotopic (exact) mass is 140 g/mol. The molecule has 0 atom stereocenters. The summed E-state index contributed by atoms with van der Waals surface area (Å²) in [6.45, 7) is 3.19. The summed E-state index contributed by atoms with van der Waals surface area (Å²) in [5.41, 5.74) is 0. The molecular weight excluding hydrogens is 130 g/mol. The van der Waals surface area contributed by atoms with E-state index in [0.717, 1.165) is 0 Å². The van der Waals surface area contributed by atoms with Crippen LogP contribution < -0.4 is 0 Å². The second kappa shape index (κ2) is 10.3. The largest absolute Gasteiger partial charge is 0.462 e. The molecule has 2 nitrogen and oxygen atoms in total. The zero-order valence-corrected chi connectivity index (χ0v) is 5.43. The molecule has 0 aromatic rings. The Hall–Kier alpha value is -0.670. The summed E-state index contributed by atoms with van der Waals surface area (Å²) in [4.78, 5) is 9.15. The Morgan fingerprint density at radius 1 is 1.56 bits per heavy atom. The van der Waals surface area contributed by atoms with Gasteiger partial charge in [-0.15, -0.1) is 0 Å². The molecule has 4 heteroatoms. The average Bonchev–Trinajstić information content (AvgIpc) is 1.88. The molecule has 0 aromatic heterocycles. The van der Waals surface area contributed by atoms with E-state index in [0.29, 0.717) is 0 Å². The maximum atomic E-state index is 10.9. The molecule has 0 saturated carbocycles. The highest BCUT2D eigenvalue weighted by Gasteiger charge is 1.98. The summed E-state index contributed by atoms with van der Waals surface area (Å²) in [5, 5.41) is 0. The predicted molar refractivity (Wildman–Crippen MR) is 29.4 cm³/mol. The normalized spacial score (nSPS) is 7.67. The van der Waals surface area contributed by atoms with Gasteiger partial charge in [0.2, 0.25) is 0 Å². The fourth-order valence-electron chi connectivity index (χ4n) is 0.112. The maximum absolute atomic E-state index is 10.9. The number of alkyl halides is 2. The Balaban J connectivity index is 0. The van der Waals surface area contributed by atoms with E-state index in [4.69, 9.17) is 4.79 Å². The van der Waals surface area contributed by atoms with Gasteiger partial charge in [0.1, 0.15) is 0 Å². The number of ether oxygens (including phenoxy) is 1. The van der Waals surface area contributed by atoms with Crippen LogP contribution in [0.5, 0.6) is 0 Å². The number of hydrogen-bond donors (Lipinski definition) is 0. The van der Waals surface area contributed by atoms with Crippen LogP contribution >= 0.6 is 0 Å². The van der Waals surface area contributed by atoms with Crippen LogP contribution in [0.25, 0.3) is 0 Å². The van der Waals surface area contributed by atoms with E-state index in [9.17, 15) is 8.78 Å². The molecule has 0 radical (unpaired) electrons. The van der Waals surface area contributed by atoms with Crippen molar-refractivity contribution in [3.63, 3.8) is 0 Å². The maximum Gasteiger partial charge on any atom is 0.293 e. The van der Waals surface area contributed by atoms with Gasteiger partial charge >= 0.3 is 0 Å². The highest BCUT2D eigenvalue weighted by Crippen LogP contribution is 1.89. The van der Waals surface area contributed by atoms with Gasteiger partial charge in [0.05, 0.1) is 0 Å². The zero-order chi connectivity index (χ0) is 7.70. The number of carbonyl (C=O) groups excluding carboxylic acids is 1. The number of halogens is 2. The van der Waals surface area contributed by atoms with Gasteiger partial charge in [-0.3, -0.25) is 4.79 Å². The summed E-state index contributed by atoms with van der Waals surface area (Å²) in [6, 6.07) is 0. The van der Waals surface area contributed by atoms with Crippen LogP contribution in [0.1, 0.15) is 13.8 Å². The van der Waals surface area contributed by atoms with Gasteiger partial charge < -0.3 is 4.74 Å². The number of carbonyl (C=O) groups is 1. The molecular formula is C5H10F2O2. The molecule has 0 unspecified atom stereocenters. The predicted octanol–water partition coefficient (Wildman–Crippen LogP) is 1.45. The molecule has 9 heavy (non-hydrogen) atoms. The van der Waals surface area contributed by atoms with Gasteiger partial charge in [-0.1, -0.05) is 13.8 Å². The number of rotatable bonds is 3. The number of hydrogen-bond acceptors (Lipinski definition) is 2. The van der Waals surface area contributed by atoms with Gasteiger partial charge in [-0.2, -0.15) is 0 Å². The van der Waals surface area contributed by atoms with Crippen molar-refractivity contribution in [2.45, 2.75) is 20.3 Å². The highest BCUT2D eigenvalue weighted by atomic mass is 19.3. The molecule has 0 bridgehead atoms. The van der Waals surface area contributed by atoms with Crippen molar-refractivity contribution < 1.29 is 18.3 Å². The zero-order valence-electron chi connectivity index (χ0n) is 5.43. The molecule has 0 fully saturated rings. The lowest BCUT2D eigenvalue weighted by atomic mass is 10.8. The van der Waals surface area contributed by atoms with E-state index in [1.807, 2.05) is 13.8 Å². The minimum Gasteiger partial charge on any atom is -0.462 e. The summed E-state index contributed by atoms with van der Waals surface area (Å²) in [7, 11) is 0. The molecule has 0 rings (SSSR count). The van der Waals surface area contributed by atoms with E-state index in [-0.39, 0.29) is 6.47 Å². The van der Waals surface area contributed by atoms with Crippen LogP contribution in [-0.4, -0.2) is 19.5 Å². The van der Waals surface area contributed by atoms with Gasteiger partial charge in [-0.25, -0.2) is 8.78 Å². The molecule has 0 aliphatic rings. The van der Waals surface area contributed by atoms with E-state index >= 15 is 0 Å². The van der Waals surface area contributed by atoms with Gasteiger partial charge in [0.25, 0.3) is 12.9 Å². The molecule has 0 amide bonds. The Morgan fingerprint density at radius 3 is 2.11 bits per heavy atom. The second-order valence-electron chi connectivity index (χ2n) is 0.821. The smallest absolute Gasteiger partial charge is 0.293 e. The van der Waals surface area contributed by atoms with Crippen molar-refractivity contribution in [2.75, 3.05) is 6.61 Å². The Bertz CT molecular complexity index is 56.9. The highest BCUT2D eigenvalue weighted by molar-refractivity contribution is 5.36. The molecule has 56 valence electrons. The lowest BCUT2D eigenvalue weighted by molar-refractivity contribution is -0.132. The summed E-state index contributed by atoms with van der Waals surface area (Å²) < 4.78 is 25.5. The van der Waals surface area contributed by atoms with Crippen LogP contribution in [0.15, 0.2) is 0 Å². The molecule has 0 heterocycles. The van der Waals surface area contributed by atoms with Crippen LogP contribution in [0, 0.1) is 0 Å². The van der Waals surface area contributed by atoms with Gasteiger partial charge in [0, 0.05) is 0 Å². The topological polar surface area (TPSA) is 26.3 Å².